The van der Waals surface area contributed by atoms with Crippen molar-refractivity contribution in [1.82, 2.24) is 19.6 Å². The molecule has 16 heavy (non-hydrogen) atoms. The van der Waals surface area contributed by atoms with Gasteiger partial charge in [-0.25, -0.2) is 4.98 Å². The number of benzene rings is 1. The first-order valence-corrected chi connectivity index (χ1v) is 5.32. The molecule has 0 fully saturated rings. The van der Waals surface area contributed by atoms with Crippen LogP contribution in [0.1, 0.15) is 11.4 Å². The first-order chi connectivity index (χ1) is 7.66. The maximum atomic E-state index is 6.05. The van der Waals surface area contributed by atoms with Crippen molar-refractivity contribution in [3.8, 4) is 0 Å². The van der Waals surface area contributed by atoms with Gasteiger partial charge in [-0.15, -0.1) is 10.2 Å². The smallest absolute Gasteiger partial charge is 0.199 e. The molecule has 0 bridgehead atoms. The third kappa shape index (κ3) is 1.20. The van der Waals surface area contributed by atoms with Crippen molar-refractivity contribution >= 4 is 28.3 Å². The monoisotopic (exact) mass is 232 g/mol. The summed E-state index contributed by atoms with van der Waals surface area (Å²) in [6, 6.07) is 6.02. The number of nitrogens with zero attached hydrogens (tertiary/aromatic N) is 4. The molecule has 3 aromatic rings. The van der Waals surface area contributed by atoms with Gasteiger partial charge in [0.05, 0.1) is 11.0 Å². The van der Waals surface area contributed by atoms with Crippen LogP contribution in [-0.4, -0.2) is 19.6 Å². The molecule has 80 valence electrons. The fourth-order valence-electron chi connectivity index (χ4n) is 1.85. The Kier molecular flexibility index (Phi) is 1.88. The quantitative estimate of drug-likeness (QED) is 0.598. The first-order valence-electron chi connectivity index (χ1n) is 4.94. The van der Waals surface area contributed by atoms with Crippen molar-refractivity contribution in [3.05, 3.63) is 34.7 Å². The molecule has 0 radical (unpaired) electrons. The Morgan fingerprint density at radius 1 is 1.19 bits per heavy atom. The first kappa shape index (κ1) is 9.54. The average Bonchev–Trinajstić information content (AvgIpc) is 2.63. The Bertz CT molecular complexity index is 702. The van der Waals surface area contributed by atoms with Crippen LogP contribution in [0.15, 0.2) is 18.2 Å². The summed E-state index contributed by atoms with van der Waals surface area (Å²) in [6.07, 6.45) is 0. The van der Waals surface area contributed by atoms with Crippen LogP contribution in [0.5, 0.6) is 0 Å². The van der Waals surface area contributed by atoms with Gasteiger partial charge in [-0.3, -0.25) is 4.40 Å². The van der Waals surface area contributed by atoms with E-state index in [1.165, 1.54) is 5.56 Å². The van der Waals surface area contributed by atoms with Crippen molar-refractivity contribution in [2.75, 3.05) is 0 Å². The lowest BCUT2D eigenvalue weighted by Gasteiger charge is -2.04. The second-order valence-electron chi connectivity index (χ2n) is 3.80. The predicted molar refractivity (Wildman–Crippen MR) is 62.8 cm³/mol. The summed E-state index contributed by atoms with van der Waals surface area (Å²) in [5.41, 5.74) is 3.62. The van der Waals surface area contributed by atoms with Crippen molar-refractivity contribution in [2.45, 2.75) is 13.8 Å². The van der Waals surface area contributed by atoms with E-state index in [-0.39, 0.29) is 0 Å². The van der Waals surface area contributed by atoms with Crippen molar-refractivity contribution < 1.29 is 0 Å². The molecule has 0 atom stereocenters. The molecule has 3 rings (SSSR count). The molecular weight excluding hydrogens is 224 g/mol. The lowest BCUT2D eigenvalue weighted by molar-refractivity contribution is 1.02. The number of hydrogen-bond acceptors (Lipinski definition) is 3. The molecule has 0 aliphatic carbocycles. The molecule has 0 aliphatic rings. The fourth-order valence-corrected chi connectivity index (χ4v) is 2.06. The van der Waals surface area contributed by atoms with Gasteiger partial charge in [0.2, 0.25) is 0 Å². The Morgan fingerprint density at radius 3 is 2.81 bits per heavy atom. The Hall–Kier alpha value is -1.68. The molecule has 0 unspecified atom stereocenters. The minimum Gasteiger partial charge on any atom is -0.275 e. The Balaban J connectivity index is 2.64. The summed E-state index contributed by atoms with van der Waals surface area (Å²) in [5, 5.41) is 8.43. The second kappa shape index (κ2) is 3.15. The molecule has 4 nitrogen and oxygen atoms in total. The van der Waals surface area contributed by atoms with Crippen LogP contribution in [0, 0.1) is 13.8 Å². The minimum atomic E-state index is 0.386. The summed E-state index contributed by atoms with van der Waals surface area (Å²) >= 11 is 6.05. The highest BCUT2D eigenvalue weighted by molar-refractivity contribution is 6.32. The average molecular weight is 233 g/mol. The van der Waals surface area contributed by atoms with E-state index < -0.39 is 0 Å². The second-order valence-corrected chi connectivity index (χ2v) is 4.16. The summed E-state index contributed by atoms with van der Waals surface area (Å²) in [4.78, 5) is 4.30. The molecule has 0 N–H and O–H groups in total. The number of hydrogen-bond donors (Lipinski definition) is 0. The van der Waals surface area contributed by atoms with Gasteiger partial charge in [0.25, 0.3) is 0 Å². The topological polar surface area (TPSA) is 43.1 Å². The van der Waals surface area contributed by atoms with Gasteiger partial charge < -0.3 is 0 Å². The summed E-state index contributed by atoms with van der Waals surface area (Å²) in [5.74, 6) is 0.815. The molecule has 0 saturated carbocycles. The minimum absolute atomic E-state index is 0.386. The Morgan fingerprint density at radius 2 is 2.00 bits per heavy atom. The third-order valence-corrected chi connectivity index (χ3v) is 2.85. The number of aromatic nitrogens is 4. The van der Waals surface area contributed by atoms with E-state index >= 15 is 0 Å². The summed E-state index contributed by atoms with van der Waals surface area (Å²) < 4.78 is 1.93. The van der Waals surface area contributed by atoms with E-state index in [0.717, 1.165) is 16.9 Å². The molecule has 1 aromatic carbocycles. The highest BCUT2D eigenvalue weighted by Gasteiger charge is 2.10. The number of halogens is 1. The fraction of sp³-hybridized carbons (Fsp3) is 0.182. The highest BCUT2D eigenvalue weighted by atomic mass is 35.5. The molecular formula is C11H9ClN4. The molecule has 0 spiro atoms. The van der Waals surface area contributed by atoms with Crippen LogP contribution in [0.2, 0.25) is 5.15 Å². The molecule has 5 heteroatoms. The molecule has 2 aromatic heterocycles. The van der Waals surface area contributed by atoms with E-state index in [0.29, 0.717) is 10.8 Å². The van der Waals surface area contributed by atoms with Gasteiger partial charge in [0.1, 0.15) is 5.82 Å². The standard InChI is InChI=1S/C11H9ClN4/c1-6-3-4-8-9(5-6)16-7(2)14-15-11(16)10(12)13-8/h3-5H,1-2H3. The van der Waals surface area contributed by atoms with Crippen molar-refractivity contribution in [1.29, 1.82) is 0 Å². The van der Waals surface area contributed by atoms with Gasteiger partial charge >= 0.3 is 0 Å². The molecule has 0 amide bonds. The van der Waals surface area contributed by atoms with Gasteiger partial charge in [0, 0.05) is 0 Å². The van der Waals surface area contributed by atoms with E-state index in [1.54, 1.807) is 0 Å². The largest absolute Gasteiger partial charge is 0.275 e. The zero-order chi connectivity index (χ0) is 11.3. The van der Waals surface area contributed by atoms with Crippen LogP contribution in [0.25, 0.3) is 16.7 Å². The molecule has 0 saturated heterocycles. The molecule has 2 heterocycles. The van der Waals surface area contributed by atoms with Gasteiger partial charge in [0.15, 0.2) is 10.8 Å². The van der Waals surface area contributed by atoms with Crippen LogP contribution in [0.4, 0.5) is 0 Å². The number of aryl methyl sites for hydroxylation is 2. The van der Waals surface area contributed by atoms with Crippen LogP contribution in [-0.2, 0) is 0 Å². The predicted octanol–water partition coefficient (Wildman–Crippen LogP) is 2.55. The van der Waals surface area contributed by atoms with Crippen molar-refractivity contribution in [2.24, 2.45) is 0 Å². The van der Waals surface area contributed by atoms with Gasteiger partial charge in [-0.05, 0) is 31.5 Å². The van der Waals surface area contributed by atoms with Gasteiger partial charge in [-0.2, -0.15) is 0 Å². The van der Waals surface area contributed by atoms with E-state index in [9.17, 15) is 0 Å². The highest BCUT2D eigenvalue weighted by Crippen LogP contribution is 2.22. The molecule has 0 aliphatic heterocycles. The van der Waals surface area contributed by atoms with E-state index in [2.05, 4.69) is 21.2 Å². The Labute approximate surface area is 96.9 Å². The van der Waals surface area contributed by atoms with Crippen molar-refractivity contribution in [3.63, 3.8) is 0 Å². The number of rotatable bonds is 0. The SMILES string of the molecule is Cc1ccc2nc(Cl)c3nnc(C)n3c2c1. The third-order valence-electron chi connectivity index (χ3n) is 2.60. The lowest BCUT2D eigenvalue weighted by Crippen LogP contribution is -1.95. The van der Waals surface area contributed by atoms with E-state index in [4.69, 9.17) is 11.6 Å². The van der Waals surface area contributed by atoms with Gasteiger partial charge in [-0.1, -0.05) is 17.7 Å². The lowest BCUT2D eigenvalue weighted by atomic mass is 10.2. The van der Waals surface area contributed by atoms with E-state index in [1.807, 2.05) is 30.4 Å². The van der Waals surface area contributed by atoms with Crippen LogP contribution >= 0.6 is 11.6 Å². The zero-order valence-corrected chi connectivity index (χ0v) is 9.65. The summed E-state index contributed by atoms with van der Waals surface area (Å²) in [6.45, 7) is 3.94. The van der Waals surface area contributed by atoms with Crippen LogP contribution in [0.3, 0.4) is 0 Å². The zero-order valence-electron chi connectivity index (χ0n) is 8.90. The summed E-state index contributed by atoms with van der Waals surface area (Å²) in [7, 11) is 0. The maximum absolute atomic E-state index is 6.05. The maximum Gasteiger partial charge on any atom is 0.199 e. The number of fused-ring (bicyclic) bond motifs is 3. The van der Waals surface area contributed by atoms with Crippen LogP contribution < -0.4 is 0 Å². The normalized spacial score (nSPS) is 11.4.